The molecule has 1 saturated heterocycles. The number of benzene rings is 4. The SMILES string of the molecule is CC1CN(C(=O)c2cc(OCc3ccccc3)c(OCc3ccccc3)c(OCc3ccccc3)c2)CCN1C.N[SH](=O)=O. The fraction of sp³-hybridized carbons (Fsp3) is 0.265. The van der Waals surface area contributed by atoms with Crippen molar-refractivity contribution in [2.45, 2.75) is 32.8 Å². The first-order valence-corrected chi connectivity index (χ1v) is 15.6. The minimum absolute atomic E-state index is 0.0383. The number of carbonyl (C=O) groups is 1. The van der Waals surface area contributed by atoms with E-state index in [0.717, 1.165) is 23.2 Å². The van der Waals surface area contributed by atoms with E-state index in [-0.39, 0.29) is 11.9 Å². The summed E-state index contributed by atoms with van der Waals surface area (Å²) in [5, 5.41) is 4.06. The van der Waals surface area contributed by atoms with Gasteiger partial charge in [0.2, 0.25) is 5.75 Å². The van der Waals surface area contributed by atoms with Gasteiger partial charge in [-0.05, 0) is 42.8 Å². The van der Waals surface area contributed by atoms with Crippen LogP contribution in [0.4, 0.5) is 0 Å². The highest BCUT2D eigenvalue weighted by Crippen LogP contribution is 2.41. The predicted octanol–water partition coefficient (Wildman–Crippen LogP) is 4.67. The number of hydrogen-bond donors (Lipinski definition) is 2. The molecule has 0 saturated carbocycles. The molecule has 4 aromatic carbocycles. The van der Waals surface area contributed by atoms with Gasteiger partial charge in [-0.2, -0.15) is 0 Å². The molecule has 1 unspecified atom stereocenters. The van der Waals surface area contributed by atoms with Gasteiger partial charge in [0.25, 0.3) is 5.91 Å². The number of thiol groups is 1. The summed E-state index contributed by atoms with van der Waals surface area (Å²) < 4.78 is 36.7. The summed E-state index contributed by atoms with van der Waals surface area (Å²) in [5.74, 6) is 1.41. The Bertz CT molecular complexity index is 1480. The van der Waals surface area contributed by atoms with E-state index in [1.807, 2.05) is 95.9 Å². The van der Waals surface area contributed by atoms with E-state index in [2.05, 4.69) is 24.0 Å². The minimum atomic E-state index is -2.62. The van der Waals surface area contributed by atoms with Gasteiger partial charge in [-0.25, -0.2) is 13.6 Å². The van der Waals surface area contributed by atoms with Crippen LogP contribution in [-0.2, 0) is 30.7 Å². The van der Waals surface area contributed by atoms with E-state index in [9.17, 15) is 4.79 Å². The molecule has 9 nitrogen and oxygen atoms in total. The van der Waals surface area contributed by atoms with Crippen LogP contribution >= 0.6 is 0 Å². The summed E-state index contributed by atoms with van der Waals surface area (Å²) in [6, 6.07) is 33.8. The normalized spacial score (nSPS) is 14.8. The van der Waals surface area contributed by atoms with Crippen molar-refractivity contribution in [3.05, 3.63) is 125 Å². The zero-order chi connectivity index (χ0) is 31.3. The highest BCUT2D eigenvalue weighted by molar-refractivity contribution is 7.69. The number of ether oxygens (including phenoxy) is 3. The standard InChI is InChI=1S/C34H36N2O4.H3NO2S/c1-26-22-36(19-18-35(26)2)34(37)30-20-31(38-23-27-12-6-3-7-13-27)33(40-25-29-16-10-5-11-17-29)32(21-30)39-24-28-14-8-4-9-15-28;1-4(2)3/h3-17,20-21,26H,18-19,22-25H2,1-2H3;4H,(H2,1,2,3). The molecule has 0 spiro atoms. The number of nitrogens with zero attached hydrogens (tertiary/aromatic N) is 2. The van der Waals surface area contributed by atoms with Crippen LogP contribution in [-0.4, -0.2) is 56.8 Å². The zero-order valence-electron chi connectivity index (χ0n) is 25.0. The van der Waals surface area contributed by atoms with Gasteiger partial charge in [-0.1, -0.05) is 91.0 Å². The van der Waals surface area contributed by atoms with Crippen LogP contribution in [0.1, 0.15) is 34.0 Å². The van der Waals surface area contributed by atoms with Gasteiger partial charge in [0.1, 0.15) is 19.8 Å². The van der Waals surface area contributed by atoms with Crippen molar-refractivity contribution in [2.75, 3.05) is 26.7 Å². The molecule has 10 heteroatoms. The maximum absolute atomic E-state index is 13.8. The van der Waals surface area contributed by atoms with Gasteiger partial charge in [0.05, 0.1) is 0 Å². The maximum Gasteiger partial charge on any atom is 0.254 e. The topological polar surface area (TPSA) is 111 Å². The second-order valence-electron chi connectivity index (χ2n) is 10.5. The molecule has 1 heterocycles. The van der Waals surface area contributed by atoms with Crippen molar-refractivity contribution in [1.29, 1.82) is 0 Å². The summed E-state index contributed by atoms with van der Waals surface area (Å²) in [7, 11) is -0.527. The summed E-state index contributed by atoms with van der Waals surface area (Å²) in [6.45, 7) is 5.33. The van der Waals surface area contributed by atoms with Crippen molar-refractivity contribution in [1.82, 2.24) is 9.80 Å². The van der Waals surface area contributed by atoms with Crippen LogP contribution in [0.5, 0.6) is 17.2 Å². The quantitative estimate of drug-likeness (QED) is 0.249. The first kappa shape index (κ1) is 32.5. The number of carbonyl (C=O) groups excluding carboxylic acids is 1. The molecular formula is C34H39N3O6S. The van der Waals surface area contributed by atoms with Crippen molar-refractivity contribution >= 4 is 16.8 Å². The number of piperazine rings is 1. The zero-order valence-corrected chi connectivity index (χ0v) is 25.9. The molecule has 5 rings (SSSR count). The average Bonchev–Trinajstić information content (AvgIpc) is 3.04. The lowest BCUT2D eigenvalue weighted by Gasteiger charge is -2.37. The molecule has 1 aliphatic rings. The van der Waals surface area contributed by atoms with E-state index in [1.165, 1.54) is 0 Å². The van der Waals surface area contributed by atoms with Gasteiger partial charge in [-0.3, -0.25) is 4.79 Å². The van der Waals surface area contributed by atoms with E-state index in [0.29, 0.717) is 55.7 Å². The van der Waals surface area contributed by atoms with Gasteiger partial charge >= 0.3 is 0 Å². The van der Waals surface area contributed by atoms with Gasteiger partial charge in [0.15, 0.2) is 22.4 Å². The largest absolute Gasteiger partial charge is 0.485 e. The van der Waals surface area contributed by atoms with Crippen molar-refractivity contribution in [3.63, 3.8) is 0 Å². The Morgan fingerprint density at radius 2 is 1.16 bits per heavy atom. The third-order valence-electron chi connectivity index (χ3n) is 7.21. The molecule has 1 amide bonds. The van der Waals surface area contributed by atoms with Crippen molar-refractivity contribution in [3.8, 4) is 17.2 Å². The summed E-state index contributed by atoms with van der Waals surface area (Å²) in [4.78, 5) is 17.9. The van der Waals surface area contributed by atoms with Crippen LogP contribution in [0.3, 0.4) is 0 Å². The molecule has 0 aliphatic carbocycles. The lowest BCUT2D eigenvalue weighted by molar-refractivity contribution is 0.0571. The van der Waals surface area contributed by atoms with Crippen LogP contribution in [0.25, 0.3) is 0 Å². The Morgan fingerprint density at radius 3 is 1.57 bits per heavy atom. The number of nitrogens with two attached hydrogens (primary N) is 1. The number of rotatable bonds is 10. The highest BCUT2D eigenvalue weighted by Gasteiger charge is 2.27. The third-order valence-corrected chi connectivity index (χ3v) is 7.21. The number of likely N-dealkylation sites (N-methyl/N-ethyl adjacent to an activating group) is 1. The fourth-order valence-electron chi connectivity index (χ4n) is 4.67. The fourth-order valence-corrected chi connectivity index (χ4v) is 4.67. The summed E-state index contributed by atoms with van der Waals surface area (Å²) in [6.07, 6.45) is 0. The second-order valence-corrected chi connectivity index (χ2v) is 11.1. The Balaban J connectivity index is 0.00000104. The first-order valence-electron chi connectivity index (χ1n) is 14.4. The molecular weight excluding hydrogens is 578 g/mol. The molecule has 0 bridgehead atoms. The number of hydrogen-bond acceptors (Lipinski definition) is 7. The lowest BCUT2D eigenvalue weighted by Crippen LogP contribution is -2.52. The lowest BCUT2D eigenvalue weighted by atomic mass is 10.1. The Morgan fingerprint density at radius 1 is 0.750 bits per heavy atom. The van der Waals surface area contributed by atoms with Gasteiger partial charge < -0.3 is 24.0 Å². The molecule has 1 atom stereocenters. The molecule has 44 heavy (non-hydrogen) atoms. The van der Waals surface area contributed by atoms with E-state index >= 15 is 0 Å². The first-order chi connectivity index (χ1) is 21.3. The molecule has 2 N–H and O–H groups in total. The van der Waals surface area contributed by atoms with E-state index in [1.54, 1.807) is 12.1 Å². The highest BCUT2D eigenvalue weighted by atomic mass is 32.2. The monoisotopic (exact) mass is 617 g/mol. The summed E-state index contributed by atoms with van der Waals surface area (Å²) >= 11 is 0. The van der Waals surface area contributed by atoms with Crippen LogP contribution in [0.2, 0.25) is 0 Å². The maximum atomic E-state index is 13.8. The molecule has 1 fully saturated rings. The average molecular weight is 618 g/mol. The van der Waals surface area contributed by atoms with Gasteiger partial charge in [-0.15, -0.1) is 0 Å². The summed E-state index contributed by atoms with van der Waals surface area (Å²) in [5.41, 5.74) is 3.59. The third kappa shape index (κ3) is 9.84. The van der Waals surface area contributed by atoms with E-state index < -0.39 is 10.9 Å². The van der Waals surface area contributed by atoms with Gasteiger partial charge in [0, 0.05) is 31.2 Å². The molecule has 0 radical (unpaired) electrons. The Hall–Kier alpha value is -4.38. The van der Waals surface area contributed by atoms with Crippen molar-refractivity contribution in [2.24, 2.45) is 5.14 Å². The smallest absolute Gasteiger partial charge is 0.254 e. The van der Waals surface area contributed by atoms with Crippen LogP contribution in [0, 0.1) is 0 Å². The Kier molecular flexibility index (Phi) is 12.2. The molecule has 0 aromatic heterocycles. The van der Waals surface area contributed by atoms with Crippen LogP contribution < -0.4 is 19.3 Å². The molecule has 1 aliphatic heterocycles. The molecule has 232 valence electrons. The van der Waals surface area contributed by atoms with Crippen LogP contribution in [0.15, 0.2) is 103 Å². The minimum Gasteiger partial charge on any atom is -0.485 e. The number of amides is 1. The van der Waals surface area contributed by atoms with E-state index in [4.69, 9.17) is 22.6 Å². The molecule has 4 aromatic rings. The predicted molar refractivity (Wildman–Crippen MR) is 171 cm³/mol. The Labute approximate surface area is 260 Å². The second kappa shape index (κ2) is 16.5. The van der Waals surface area contributed by atoms with Crippen molar-refractivity contribution < 1.29 is 27.4 Å².